The highest BCUT2D eigenvalue weighted by Crippen LogP contribution is 2.16. The highest BCUT2D eigenvalue weighted by Gasteiger charge is 2.22. The van der Waals surface area contributed by atoms with Gasteiger partial charge in [0.05, 0.1) is 0 Å². The van der Waals surface area contributed by atoms with E-state index < -0.39 is 0 Å². The van der Waals surface area contributed by atoms with Gasteiger partial charge in [-0.1, -0.05) is 60.2 Å². The van der Waals surface area contributed by atoms with Crippen molar-refractivity contribution in [2.45, 2.75) is 20.3 Å². The van der Waals surface area contributed by atoms with E-state index in [4.69, 9.17) is 0 Å². The Labute approximate surface area is 173 Å². The van der Waals surface area contributed by atoms with Crippen LogP contribution in [0.2, 0.25) is 0 Å². The van der Waals surface area contributed by atoms with Crippen LogP contribution in [-0.4, -0.2) is 54.3 Å². The van der Waals surface area contributed by atoms with Gasteiger partial charge in [-0.3, -0.25) is 14.5 Å². The molecule has 1 aliphatic rings. The Balaban J connectivity index is 1.41. The Bertz CT molecular complexity index is 869. The van der Waals surface area contributed by atoms with Crippen molar-refractivity contribution < 1.29 is 9.59 Å². The predicted octanol–water partition coefficient (Wildman–Crippen LogP) is 3.49. The number of aryl methyl sites for hydroxylation is 2. The minimum Gasteiger partial charge on any atom is -0.340 e. The molecular formula is C24H29N3O2. The zero-order valence-corrected chi connectivity index (χ0v) is 17.2. The molecule has 0 bridgehead atoms. The van der Waals surface area contributed by atoms with Crippen molar-refractivity contribution in [2.24, 2.45) is 0 Å². The molecule has 2 amide bonds. The molecule has 1 saturated heterocycles. The summed E-state index contributed by atoms with van der Waals surface area (Å²) in [5.74, 6) is -0.359. The molecule has 3 rings (SSSR count). The SMILES string of the molecule is Cc1ccc(NC(=O)CC(=O)N2CCN(C/C=C/c3ccccc3)CC2)c(C)c1. The van der Waals surface area contributed by atoms with Crippen molar-refractivity contribution >= 4 is 23.6 Å². The minimum absolute atomic E-state index is 0.105. The van der Waals surface area contributed by atoms with Gasteiger partial charge in [-0.05, 0) is 31.0 Å². The maximum atomic E-state index is 12.5. The number of hydrogen-bond acceptors (Lipinski definition) is 3. The number of carbonyl (C=O) groups is 2. The molecule has 2 aromatic rings. The lowest BCUT2D eigenvalue weighted by molar-refractivity contribution is -0.136. The van der Waals surface area contributed by atoms with Crippen molar-refractivity contribution in [2.75, 3.05) is 38.0 Å². The standard InChI is InChI=1S/C24H29N3O2/c1-19-10-11-22(20(2)17-19)25-23(28)18-24(29)27-15-13-26(14-16-27)12-6-9-21-7-4-3-5-8-21/h3-11,17H,12-16,18H2,1-2H3,(H,25,28)/b9-6+. The fourth-order valence-electron chi connectivity index (χ4n) is 3.48. The number of piperazine rings is 1. The van der Waals surface area contributed by atoms with Gasteiger partial charge in [0.2, 0.25) is 11.8 Å². The lowest BCUT2D eigenvalue weighted by Gasteiger charge is -2.34. The van der Waals surface area contributed by atoms with Crippen LogP contribution in [0.5, 0.6) is 0 Å². The summed E-state index contributed by atoms with van der Waals surface area (Å²) >= 11 is 0. The van der Waals surface area contributed by atoms with Crippen LogP contribution in [0.3, 0.4) is 0 Å². The van der Waals surface area contributed by atoms with Crippen LogP contribution < -0.4 is 5.32 Å². The molecule has 5 nitrogen and oxygen atoms in total. The van der Waals surface area contributed by atoms with Gasteiger partial charge in [-0.2, -0.15) is 0 Å². The van der Waals surface area contributed by atoms with E-state index in [9.17, 15) is 9.59 Å². The van der Waals surface area contributed by atoms with E-state index in [2.05, 4.69) is 34.5 Å². The second kappa shape index (κ2) is 10.0. The van der Waals surface area contributed by atoms with Crippen LogP contribution in [0.1, 0.15) is 23.1 Å². The van der Waals surface area contributed by atoms with Crippen LogP contribution in [0.15, 0.2) is 54.6 Å². The highest BCUT2D eigenvalue weighted by molar-refractivity contribution is 6.03. The van der Waals surface area contributed by atoms with Crippen LogP contribution in [-0.2, 0) is 9.59 Å². The quantitative estimate of drug-likeness (QED) is 0.767. The maximum Gasteiger partial charge on any atom is 0.233 e. The molecule has 1 aliphatic heterocycles. The van der Waals surface area contributed by atoms with Crippen LogP contribution in [0, 0.1) is 13.8 Å². The molecule has 0 aliphatic carbocycles. The first-order chi connectivity index (χ1) is 14.0. The number of nitrogens with zero attached hydrogens (tertiary/aromatic N) is 2. The number of hydrogen-bond donors (Lipinski definition) is 1. The predicted molar refractivity (Wildman–Crippen MR) is 118 cm³/mol. The third-order valence-electron chi connectivity index (χ3n) is 5.17. The second-order valence-corrected chi connectivity index (χ2v) is 7.54. The van der Waals surface area contributed by atoms with Gasteiger partial charge in [0.25, 0.3) is 0 Å². The average Bonchev–Trinajstić information content (AvgIpc) is 2.71. The van der Waals surface area contributed by atoms with Gasteiger partial charge in [0.15, 0.2) is 0 Å². The molecule has 0 spiro atoms. The van der Waals surface area contributed by atoms with E-state index in [1.54, 1.807) is 4.90 Å². The van der Waals surface area contributed by atoms with Crippen molar-refractivity contribution in [1.82, 2.24) is 9.80 Å². The molecule has 0 aromatic heterocycles. The zero-order chi connectivity index (χ0) is 20.6. The first-order valence-corrected chi connectivity index (χ1v) is 10.1. The molecule has 0 unspecified atom stereocenters. The number of carbonyl (C=O) groups excluding carboxylic acids is 2. The maximum absolute atomic E-state index is 12.5. The van der Waals surface area contributed by atoms with Crippen LogP contribution in [0.4, 0.5) is 5.69 Å². The van der Waals surface area contributed by atoms with E-state index in [1.165, 1.54) is 5.56 Å². The Morgan fingerprint density at radius 2 is 1.72 bits per heavy atom. The molecule has 2 aromatic carbocycles. The molecule has 29 heavy (non-hydrogen) atoms. The molecule has 5 heteroatoms. The number of rotatable bonds is 6. The average molecular weight is 392 g/mol. The summed E-state index contributed by atoms with van der Waals surface area (Å²) in [6.07, 6.45) is 4.17. The Morgan fingerprint density at radius 3 is 2.41 bits per heavy atom. The van der Waals surface area contributed by atoms with Gasteiger partial charge in [-0.15, -0.1) is 0 Å². The summed E-state index contributed by atoms with van der Waals surface area (Å²) in [6, 6.07) is 16.1. The summed E-state index contributed by atoms with van der Waals surface area (Å²) < 4.78 is 0. The van der Waals surface area contributed by atoms with Gasteiger partial charge in [0, 0.05) is 38.4 Å². The molecule has 0 saturated carbocycles. The third-order valence-corrected chi connectivity index (χ3v) is 5.17. The smallest absolute Gasteiger partial charge is 0.233 e. The largest absolute Gasteiger partial charge is 0.340 e. The lowest BCUT2D eigenvalue weighted by atomic mass is 10.1. The van der Waals surface area contributed by atoms with Gasteiger partial charge in [0.1, 0.15) is 6.42 Å². The zero-order valence-electron chi connectivity index (χ0n) is 17.2. The first kappa shape index (κ1) is 20.8. The van der Waals surface area contributed by atoms with Crippen LogP contribution in [0.25, 0.3) is 6.08 Å². The summed E-state index contributed by atoms with van der Waals surface area (Å²) in [6.45, 7) is 7.80. The van der Waals surface area contributed by atoms with E-state index in [1.807, 2.05) is 50.2 Å². The Morgan fingerprint density at radius 1 is 1.00 bits per heavy atom. The molecule has 1 N–H and O–H groups in total. The summed E-state index contributed by atoms with van der Waals surface area (Å²) in [7, 11) is 0. The number of nitrogens with one attached hydrogen (secondary N) is 1. The fraction of sp³-hybridized carbons (Fsp3) is 0.333. The summed E-state index contributed by atoms with van der Waals surface area (Å²) in [5.41, 5.74) is 4.11. The molecule has 0 radical (unpaired) electrons. The minimum atomic E-state index is -0.254. The fourth-order valence-corrected chi connectivity index (χ4v) is 3.48. The summed E-state index contributed by atoms with van der Waals surface area (Å²) in [4.78, 5) is 28.9. The van der Waals surface area contributed by atoms with Crippen molar-refractivity contribution in [3.05, 3.63) is 71.3 Å². The third kappa shape index (κ3) is 6.29. The lowest BCUT2D eigenvalue weighted by Crippen LogP contribution is -2.49. The number of anilines is 1. The normalized spacial score (nSPS) is 14.9. The van der Waals surface area contributed by atoms with Gasteiger partial charge in [-0.25, -0.2) is 0 Å². The van der Waals surface area contributed by atoms with E-state index in [0.29, 0.717) is 13.1 Å². The summed E-state index contributed by atoms with van der Waals surface area (Å²) in [5, 5.41) is 2.85. The molecular weight excluding hydrogens is 362 g/mol. The monoisotopic (exact) mass is 391 g/mol. The second-order valence-electron chi connectivity index (χ2n) is 7.54. The highest BCUT2D eigenvalue weighted by atomic mass is 16.2. The van der Waals surface area contributed by atoms with E-state index >= 15 is 0 Å². The van der Waals surface area contributed by atoms with Gasteiger partial charge < -0.3 is 10.2 Å². The van der Waals surface area contributed by atoms with Crippen LogP contribution >= 0.6 is 0 Å². The van der Waals surface area contributed by atoms with Crippen molar-refractivity contribution in [1.29, 1.82) is 0 Å². The van der Waals surface area contributed by atoms with E-state index in [0.717, 1.165) is 36.4 Å². The Hall–Kier alpha value is -2.92. The van der Waals surface area contributed by atoms with Crippen molar-refractivity contribution in [3.63, 3.8) is 0 Å². The van der Waals surface area contributed by atoms with Crippen molar-refractivity contribution in [3.8, 4) is 0 Å². The Kier molecular flexibility index (Phi) is 7.19. The molecule has 152 valence electrons. The molecule has 1 heterocycles. The molecule has 1 fully saturated rings. The van der Waals surface area contributed by atoms with Gasteiger partial charge >= 0.3 is 0 Å². The first-order valence-electron chi connectivity index (χ1n) is 10.1. The number of amides is 2. The topological polar surface area (TPSA) is 52.7 Å². The number of benzene rings is 2. The molecule has 0 atom stereocenters. The van der Waals surface area contributed by atoms with E-state index in [-0.39, 0.29) is 18.2 Å².